The molecule has 0 amide bonds. The summed E-state index contributed by atoms with van der Waals surface area (Å²) < 4.78 is 5.91. The van der Waals surface area contributed by atoms with Crippen LogP contribution in [-0.4, -0.2) is 18.2 Å². The number of aryl methyl sites for hydroxylation is 1. The van der Waals surface area contributed by atoms with Crippen LogP contribution in [0.25, 0.3) is 0 Å². The van der Waals surface area contributed by atoms with Crippen molar-refractivity contribution < 1.29 is 4.74 Å². The number of nitrogens with one attached hydrogen (secondary N) is 1. The predicted molar refractivity (Wildman–Crippen MR) is 86.3 cm³/mol. The molecule has 2 heteroatoms. The van der Waals surface area contributed by atoms with E-state index in [9.17, 15) is 0 Å². The zero-order valence-electron chi connectivity index (χ0n) is 13.2. The van der Waals surface area contributed by atoms with Gasteiger partial charge in [0.05, 0.1) is 5.60 Å². The van der Waals surface area contributed by atoms with Crippen LogP contribution in [0, 0.1) is 0 Å². The van der Waals surface area contributed by atoms with E-state index >= 15 is 0 Å². The molecule has 0 spiro atoms. The Labute approximate surface area is 123 Å². The lowest BCUT2D eigenvalue weighted by molar-refractivity contribution is -0.0708. The van der Waals surface area contributed by atoms with Crippen molar-refractivity contribution in [3.63, 3.8) is 0 Å². The van der Waals surface area contributed by atoms with Crippen molar-refractivity contribution in [2.75, 3.05) is 11.9 Å². The summed E-state index contributed by atoms with van der Waals surface area (Å²) >= 11 is 0. The fourth-order valence-electron chi connectivity index (χ4n) is 2.88. The van der Waals surface area contributed by atoms with E-state index in [1.54, 1.807) is 0 Å². The maximum absolute atomic E-state index is 5.91. The summed E-state index contributed by atoms with van der Waals surface area (Å²) in [7, 11) is 0. The molecular weight excluding hydrogens is 246 g/mol. The SMILES string of the molecule is CCCCc1ccc(NC2CCOC(C)(CC)C2)cc1. The Morgan fingerprint density at radius 2 is 2.00 bits per heavy atom. The fourth-order valence-corrected chi connectivity index (χ4v) is 2.88. The highest BCUT2D eigenvalue weighted by Gasteiger charge is 2.31. The molecule has 2 rings (SSSR count). The van der Waals surface area contributed by atoms with Crippen LogP contribution in [0.3, 0.4) is 0 Å². The Morgan fingerprint density at radius 3 is 2.65 bits per heavy atom. The van der Waals surface area contributed by atoms with Gasteiger partial charge in [-0.25, -0.2) is 0 Å². The summed E-state index contributed by atoms with van der Waals surface area (Å²) in [4.78, 5) is 0. The average molecular weight is 275 g/mol. The Hall–Kier alpha value is -1.02. The van der Waals surface area contributed by atoms with Gasteiger partial charge in [-0.2, -0.15) is 0 Å². The van der Waals surface area contributed by atoms with Crippen LogP contribution in [0.5, 0.6) is 0 Å². The van der Waals surface area contributed by atoms with Crippen molar-refractivity contribution in [1.82, 2.24) is 0 Å². The molecule has 1 aliphatic heterocycles. The summed E-state index contributed by atoms with van der Waals surface area (Å²) in [5.74, 6) is 0. The smallest absolute Gasteiger partial charge is 0.0671 e. The lowest BCUT2D eigenvalue weighted by Gasteiger charge is -2.38. The first-order valence-electron chi connectivity index (χ1n) is 8.14. The third-order valence-corrected chi connectivity index (χ3v) is 4.49. The molecule has 1 aliphatic rings. The first-order chi connectivity index (χ1) is 9.65. The number of hydrogen-bond acceptors (Lipinski definition) is 2. The molecule has 112 valence electrons. The van der Waals surface area contributed by atoms with Crippen molar-refractivity contribution in [3.8, 4) is 0 Å². The van der Waals surface area contributed by atoms with E-state index in [1.807, 2.05) is 0 Å². The minimum Gasteiger partial charge on any atom is -0.382 e. The molecule has 1 N–H and O–H groups in total. The number of unbranched alkanes of at least 4 members (excludes halogenated alkanes) is 1. The van der Waals surface area contributed by atoms with Crippen molar-refractivity contribution in [1.29, 1.82) is 0 Å². The highest BCUT2D eigenvalue weighted by atomic mass is 16.5. The quantitative estimate of drug-likeness (QED) is 0.806. The predicted octanol–water partition coefficient (Wildman–Crippen LogP) is 4.79. The summed E-state index contributed by atoms with van der Waals surface area (Å²) in [6.07, 6.45) is 7.02. The fraction of sp³-hybridized carbons (Fsp3) is 0.667. The molecule has 1 saturated heterocycles. The molecule has 0 radical (unpaired) electrons. The number of hydrogen-bond donors (Lipinski definition) is 1. The second-order valence-electron chi connectivity index (χ2n) is 6.29. The number of rotatable bonds is 6. The zero-order chi connectivity index (χ0) is 14.4. The molecule has 1 heterocycles. The Balaban J connectivity index is 1.89. The average Bonchev–Trinajstić information content (AvgIpc) is 2.47. The lowest BCUT2D eigenvalue weighted by Crippen LogP contribution is -2.41. The van der Waals surface area contributed by atoms with E-state index in [4.69, 9.17) is 4.74 Å². The van der Waals surface area contributed by atoms with Gasteiger partial charge in [0.25, 0.3) is 0 Å². The molecule has 1 fully saturated rings. The Kier molecular flexibility index (Phi) is 5.47. The van der Waals surface area contributed by atoms with Gasteiger partial charge in [0.1, 0.15) is 0 Å². The van der Waals surface area contributed by atoms with Gasteiger partial charge >= 0.3 is 0 Å². The third-order valence-electron chi connectivity index (χ3n) is 4.49. The van der Waals surface area contributed by atoms with E-state index < -0.39 is 0 Å². The van der Waals surface area contributed by atoms with E-state index in [0.717, 1.165) is 25.9 Å². The summed E-state index contributed by atoms with van der Waals surface area (Å²) in [5, 5.41) is 3.67. The third kappa shape index (κ3) is 4.24. The standard InChI is InChI=1S/C18H29NO/c1-4-6-7-15-8-10-16(11-9-15)19-17-12-13-20-18(3,5-2)14-17/h8-11,17,19H,4-7,12-14H2,1-3H3. The summed E-state index contributed by atoms with van der Waals surface area (Å²) in [6, 6.07) is 9.51. The van der Waals surface area contributed by atoms with Crippen LogP contribution in [0.2, 0.25) is 0 Å². The molecule has 0 bridgehead atoms. The van der Waals surface area contributed by atoms with Crippen LogP contribution in [0.15, 0.2) is 24.3 Å². The van der Waals surface area contributed by atoms with Crippen LogP contribution < -0.4 is 5.32 Å². The van der Waals surface area contributed by atoms with Gasteiger partial charge in [0.2, 0.25) is 0 Å². The lowest BCUT2D eigenvalue weighted by atomic mass is 9.90. The van der Waals surface area contributed by atoms with Crippen LogP contribution in [0.4, 0.5) is 5.69 Å². The minimum atomic E-state index is 0.0526. The second-order valence-corrected chi connectivity index (χ2v) is 6.29. The monoisotopic (exact) mass is 275 g/mol. The summed E-state index contributed by atoms with van der Waals surface area (Å²) in [6.45, 7) is 7.56. The van der Waals surface area contributed by atoms with Crippen LogP contribution >= 0.6 is 0 Å². The molecule has 20 heavy (non-hydrogen) atoms. The van der Waals surface area contributed by atoms with Gasteiger partial charge in [-0.15, -0.1) is 0 Å². The van der Waals surface area contributed by atoms with Gasteiger partial charge in [0, 0.05) is 18.3 Å². The van der Waals surface area contributed by atoms with E-state index in [2.05, 4.69) is 50.4 Å². The van der Waals surface area contributed by atoms with E-state index in [0.29, 0.717) is 6.04 Å². The topological polar surface area (TPSA) is 21.3 Å². The highest BCUT2D eigenvalue weighted by molar-refractivity contribution is 5.45. The Morgan fingerprint density at radius 1 is 1.25 bits per heavy atom. The Bertz CT molecular complexity index is 400. The van der Waals surface area contributed by atoms with E-state index in [-0.39, 0.29) is 5.60 Å². The molecular formula is C18H29NO. The number of ether oxygens (including phenoxy) is 1. The van der Waals surface area contributed by atoms with Crippen molar-refractivity contribution >= 4 is 5.69 Å². The van der Waals surface area contributed by atoms with Gasteiger partial charge < -0.3 is 10.1 Å². The number of benzene rings is 1. The van der Waals surface area contributed by atoms with Gasteiger partial charge in [0.15, 0.2) is 0 Å². The molecule has 2 unspecified atom stereocenters. The molecule has 1 aromatic carbocycles. The molecule has 2 atom stereocenters. The highest BCUT2D eigenvalue weighted by Crippen LogP contribution is 2.29. The summed E-state index contributed by atoms with van der Waals surface area (Å²) in [5.41, 5.74) is 2.75. The molecule has 0 aromatic heterocycles. The molecule has 0 aliphatic carbocycles. The van der Waals surface area contributed by atoms with Crippen LogP contribution in [-0.2, 0) is 11.2 Å². The number of anilines is 1. The molecule has 1 aromatic rings. The van der Waals surface area contributed by atoms with Gasteiger partial charge in [-0.3, -0.25) is 0 Å². The maximum Gasteiger partial charge on any atom is 0.0671 e. The van der Waals surface area contributed by atoms with Crippen molar-refractivity contribution in [2.45, 2.75) is 70.9 Å². The first-order valence-corrected chi connectivity index (χ1v) is 8.14. The largest absolute Gasteiger partial charge is 0.382 e. The van der Waals surface area contributed by atoms with Crippen LogP contribution in [0.1, 0.15) is 58.4 Å². The maximum atomic E-state index is 5.91. The zero-order valence-corrected chi connectivity index (χ0v) is 13.2. The minimum absolute atomic E-state index is 0.0526. The molecule has 2 nitrogen and oxygen atoms in total. The van der Waals surface area contributed by atoms with Gasteiger partial charge in [-0.05, 0) is 56.7 Å². The van der Waals surface area contributed by atoms with E-state index in [1.165, 1.54) is 30.5 Å². The van der Waals surface area contributed by atoms with Crippen molar-refractivity contribution in [3.05, 3.63) is 29.8 Å². The second kappa shape index (κ2) is 7.12. The normalized spacial score (nSPS) is 26.4. The first kappa shape index (κ1) is 15.4. The molecule has 0 saturated carbocycles. The van der Waals surface area contributed by atoms with Gasteiger partial charge in [-0.1, -0.05) is 32.4 Å². The van der Waals surface area contributed by atoms with Crippen molar-refractivity contribution in [2.24, 2.45) is 0 Å².